The van der Waals surface area contributed by atoms with Gasteiger partial charge in [-0.15, -0.1) is 0 Å². The molecule has 0 spiro atoms. The highest BCUT2D eigenvalue weighted by atomic mass is 19.1. The molecule has 0 saturated heterocycles. The molecule has 0 aromatic heterocycles. The molecule has 0 aliphatic carbocycles. The molecule has 76 valence electrons. The Morgan fingerprint density at radius 1 is 1.43 bits per heavy atom. The van der Waals surface area contributed by atoms with Crippen LogP contribution in [0.4, 0.5) is 14.5 Å². The van der Waals surface area contributed by atoms with Crippen LogP contribution in [0.2, 0.25) is 0 Å². The van der Waals surface area contributed by atoms with Gasteiger partial charge in [-0.3, -0.25) is 0 Å². The molecule has 0 heterocycles. The van der Waals surface area contributed by atoms with Crippen LogP contribution in [0.5, 0.6) is 0 Å². The molecule has 0 radical (unpaired) electrons. The molecule has 14 heavy (non-hydrogen) atoms. The van der Waals surface area contributed by atoms with Crippen LogP contribution >= 0.6 is 0 Å². The Morgan fingerprint density at radius 3 is 2.57 bits per heavy atom. The Morgan fingerprint density at radius 2 is 2.07 bits per heavy atom. The lowest BCUT2D eigenvalue weighted by atomic mass is 10.2. The zero-order valence-corrected chi connectivity index (χ0v) is 7.47. The average molecular weight is 201 g/mol. The van der Waals surface area contributed by atoms with E-state index in [1.807, 2.05) is 0 Å². The summed E-state index contributed by atoms with van der Waals surface area (Å²) >= 11 is 0. The second-order valence-electron chi connectivity index (χ2n) is 2.65. The lowest BCUT2D eigenvalue weighted by molar-refractivity contribution is 0.0692. The van der Waals surface area contributed by atoms with Crippen molar-refractivity contribution in [2.75, 3.05) is 11.9 Å². The van der Waals surface area contributed by atoms with Crippen LogP contribution in [0, 0.1) is 11.6 Å². The molecule has 3 nitrogen and oxygen atoms in total. The largest absolute Gasteiger partial charge is 0.478 e. The van der Waals surface area contributed by atoms with Crippen LogP contribution in [-0.4, -0.2) is 17.6 Å². The Kier molecular flexibility index (Phi) is 3.01. The van der Waals surface area contributed by atoms with E-state index < -0.39 is 23.2 Å². The fourth-order valence-electron chi connectivity index (χ4n) is 1.04. The van der Waals surface area contributed by atoms with Crippen molar-refractivity contribution < 1.29 is 18.7 Å². The fourth-order valence-corrected chi connectivity index (χ4v) is 1.04. The zero-order chi connectivity index (χ0) is 10.7. The molecule has 5 heteroatoms. The standard InChI is InChI=1S/C9H9F2NO2/c1-2-12-8-3-5(9(13)14)6(10)4-7(8)11/h3-4,12H,2H2,1H3,(H,13,14). The summed E-state index contributed by atoms with van der Waals surface area (Å²) < 4.78 is 25.9. The number of carbonyl (C=O) groups is 1. The van der Waals surface area contributed by atoms with Gasteiger partial charge in [-0.2, -0.15) is 0 Å². The second kappa shape index (κ2) is 4.04. The lowest BCUT2D eigenvalue weighted by Crippen LogP contribution is -2.06. The van der Waals surface area contributed by atoms with Gasteiger partial charge in [0, 0.05) is 12.6 Å². The molecular weight excluding hydrogens is 192 g/mol. The van der Waals surface area contributed by atoms with Gasteiger partial charge < -0.3 is 10.4 Å². The van der Waals surface area contributed by atoms with E-state index in [2.05, 4.69) is 5.32 Å². The van der Waals surface area contributed by atoms with Crippen LogP contribution in [0.1, 0.15) is 17.3 Å². The molecule has 0 amide bonds. The van der Waals surface area contributed by atoms with E-state index in [1.165, 1.54) is 0 Å². The second-order valence-corrected chi connectivity index (χ2v) is 2.65. The molecule has 1 aromatic rings. The van der Waals surface area contributed by atoms with Crippen molar-refractivity contribution in [2.24, 2.45) is 0 Å². The number of hydrogen-bond acceptors (Lipinski definition) is 2. The quantitative estimate of drug-likeness (QED) is 0.787. The molecule has 2 N–H and O–H groups in total. The summed E-state index contributed by atoms with van der Waals surface area (Å²) in [6, 6.07) is 1.50. The van der Waals surface area contributed by atoms with E-state index in [1.54, 1.807) is 6.92 Å². The van der Waals surface area contributed by atoms with E-state index in [-0.39, 0.29) is 5.69 Å². The third kappa shape index (κ3) is 1.99. The molecule has 0 saturated carbocycles. The maximum Gasteiger partial charge on any atom is 0.338 e. The molecule has 0 aliphatic heterocycles. The number of nitrogens with one attached hydrogen (secondary N) is 1. The number of anilines is 1. The molecule has 1 rings (SSSR count). The summed E-state index contributed by atoms with van der Waals surface area (Å²) in [5.74, 6) is -3.28. The van der Waals surface area contributed by atoms with Crippen molar-refractivity contribution in [1.29, 1.82) is 0 Å². The number of halogens is 2. The molecule has 0 bridgehead atoms. The molecular formula is C9H9F2NO2. The number of hydrogen-bond donors (Lipinski definition) is 2. The summed E-state index contributed by atoms with van der Waals surface area (Å²) in [6.07, 6.45) is 0. The van der Waals surface area contributed by atoms with E-state index in [4.69, 9.17) is 5.11 Å². The molecule has 0 aliphatic rings. The minimum Gasteiger partial charge on any atom is -0.478 e. The first-order valence-corrected chi connectivity index (χ1v) is 4.02. The van der Waals surface area contributed by atoms with Gasteiger partial charge in [-0.1, -0.05) is 0 Å². The van der Waals surface area contributed by atoms with Gasteiger partial charge in [0.1, 0.15) is 11.6 Å². The number of aromatic carboxylic acids is 1. The van der Waals surface area contributed by atoms with Gasteiger partial charge in [-0.25, -0.2) is 13.6 Å². The predicted octanol–water partition coefficient (Wildman–Crippen LogP) is 2.09. The Balaban J connectivity index is 3.20. The normalized spacial score (nSPS) is 9.93. The smallest absolute Gasteiger partial charge is 0.338 e. The first kappa shape index (κ1) is 10.4. The number of carboxylic acid groups (broad SMARTS) is 1. The highest BCUT2D eigenvalue weighted by Gasteiger charge is 2.14. The monoisotopic (exact) mass is 201 g/mol. The van der Waals surface area contributed by atoms with Crippen LogP contribution in [-0.2, 0) is 0 Å². The topological polar surface area (TPSA) is 49.3 Å². The molecule has 1 aromatic carbocycles. The number of carboxylic acids is 1. The fraction of sp³-hybridized carbons (Fsp3) is 0.222. The minimum atomic E-state index is -1.42. The Hall–Kier alpha value is -1.65. The lowest BCUT2D eigenvalue weighted by Gasteiger charge is -2.06. The van der Waals surface area contributed by atoms with Crippen molar-refractivity contribution in [1.82, 2.24) is 0 Å². The van der Waals surface area contributed by atoms with Gasteiger partial charge in [0.2, 0.25) is 0 Å². The number of benzene rings is 1. The summed E-state index contributed by atoms with van der Waals surface area (Å²) in [7, 11) is 0. The minimum absolute atomic E-state index is 0.00806. The summed E-state index contributed by atoms with van der Waals surface area (Å²) in [5.41, 5.74) is -0.548. The van der Waals surface area contributed by atoms with Gasteiger partial charge in [0.25, 0.3) is 0 Å². The molecule has 0 atom stereocenters. The van der Waals surface area contributed by atoms with E-state index in [0.717, 1.165) is 6.07 Å². The van der Waals surface area contributed by atoms with E-state index in [0.29, 0.717) is 12.6 Å². The van der Waals surface area contributed by atoms with Gasteiger partial charge in [0.15, 0.2) is 0 Å². The first-order chi connectivity index (χ1) is 6.56. The highest BCUT2D eigenvalue weighted by molar-refractivity contribution is 5.89. The maximum atomic E-state index is 13.0. The third-order valence-electron chi connectivity index (χ3n) is 1.65. The van der Waals surface area contributed by atoms with Crippen molar-refractivity contribution in [3.8, 4) is 0 Å². The van der Waals surface area contributed by atoms with E-state index in [9.17, 15) is 13.6 Å². The van der Waals surface area contributed by atoms with Gasteiger partial charge in [0.05, 0.1) is 11.3 Å². The van der Waals surface area contributed by atoms with Crippen molar-refractivity contribution in [3.63, 3.8) is 0 Å². The van der Waals surface area contributed by atoms with Crippen molar-refractivity contribution in [2.45, 2.75) is 6.92 Å². The Bertz CT molecular complexity index is 366. The predicted molar refractivity (Wildman–Crippen MR) is 47.5 cm³/mol. The van der Waals surface area contributed by atoms with Crippen LogP contribution < -0.4 is 5.32 Å². The van der Waals surface area contributed by atoms with Crippen LogP contribution in [0.15, 0.2) is 12.1 Å². The molecule has 0 fully saturated rings. The number of rotatable bonds is 3. The van der Waals surface area contributed by atoms with Crippen molar-refractivity contribution in [3.05, 3.63) is 29.3 Å². The van der Waals surface area contributed by atoms with Crippen LogP contribution in [0.3, 0.4) is 0 Å². The highest BCUT2D eigenvalue weighted by Crippen LogP contribution is 2.19. The summed E-state index contributed by atoms with van der Waals surface area (Å²) in [4.78, 5) is 10.5. The average Bonchev–Trinajstić information content (AvgIpc) is 2.09. The first-order valence-electron chi connectivity index (χ1n) is 4.02. The van der Waals surface area contributed by atoms with Gasteiger partial charge >= 0.3 is 5.97 Å². The summed E-state index contributed by atoms with van der Waals surface area (Å²) in [6.45, 7) is 2.16. The van der Waals surface area contributed by atoms with Crippen LogP contribution in [0.25, 0.3) is 0 Å². The maximum absolute atomic E-state index is 13.0. The SMILES string of the molecule is CCNc1cc(C(=O)O)c(F)cc1F. The zero-order valence-electron chi connectivity index (χ0n) is 7.47. The van der Waals surface area contributed by atoms with E-state index >= 15 is 0 Å². The van der Waals surface area contributed by atoms with Gasteiger partial charge in [-0.05, 0) is 13.0 Å². The Labute approximate surface area is 79.4 Å². The summed E-state index contributed by atoms with van der Waals surface area (Å²) in [5, 5.41) is 11.2. The van der Waals surface area contributed by atoms with Crippen molar-refractivity contribution >= 4 is 11.7 Å². The third-order valence-corrected chi connectivity index (χ3v) is 1.65. The molecule has 0 unspecified atom stereocenters.